The van der Waals surface area contributed by atoms with Crippen molar-refractivity contribution < 1.29 is 9.32 Å². The van der Waals surface area contributed by atoms with E-state index in [-0.39, 0.29) is 30.0 Å². The Kier molecular flexibility index (Phi) is 5.75. The molecule has 0 aliphatic carbocycles. The van der Waals surface area contributed by atoms with Crippen molar-refractivity contribution in [1.29, 1.82) is 0 Å². The summed E-state index contributed by atoms with van der Waals surface area (Å²) in [7, 11) is 0. The number of benzene rings is 2. The molecule has 0 atom stereocenters. The van der Waals surface area contributed by atoms with Crippen molar-refractivity contribution >= 4 is 35.6 Å². The van der Waals surface area contributed by atoms with E-state index in [9.17, 15) is 4.79 Å². The van der Waals surface area contributed by atoms with E-state index in [0.29, 0.717) is 17.1 Å². The Morgan fingerprint density at radius 3 is 2.36 bits per heavy atom. The van der Waals surface area contributed by atoms with Crippen molar-refractivity contribution in [2.24, 2.45) is 16.5 Å². The molecule has 0 saturated carbocycles. The van der Waals surface area contributed by atoms with E-state index in [0.717, 1.165) is 5.56 Å². The molecule has 0 aliphatic heterocycles. The predicted octanol–water partition coefficient (Wildman–Crippen LogP) is 2.92. The number of nitrogens with one attached hydrogen (secondary N) is 1. The molecule has 8 heteroatoms. The second kappa shape index (κ2) is 7.98. The Hall–Kier alpha value is -3.32. The first-order valence-electron chi connectivity index (χ1n) is 7.15. The van der Waals surface area contributed by atoms with Crippen LogP contribution in [0, 0.1) is 0 Å². The van der Waals surface area contributed by atoms with Gasteiger partial charge in [-0.05, 0) is 36.4 Å². The van der Waals surface area contributed by atoms with Crippen molar-refractivity contribution in [2.45, 2.75) is 0 Å². The lowest BCUT2D eigenvalue weighted by Crippen LogP contribution is -2.21. The Morgan fingerprint density at radius 1 is 1.04 bits per heavy atom. The van der Waals surface area contributed by atoms with Gasteiger partial charge in [0, 0.05) is 17.3 Å². The van der Waals surface area contributed by atoms with Gasteiger partial charge in [-0.15, -0.1) is 12.4 Å². The molecule has 0 radical (unpaired) electrons. The fourth-order valence-corrected chi connectivity index (χ4v) is 2.08. The number of para-hydroxylation sites is 1. The molecule has 1 heterocycles. The zero-order valence-corrected chi connectivity index (χ0v) is 13.9. The normalized spacial score (nSPS) is 9.76. The summed E-state index contributed by atoms with van der Waals surface area (Å²) in [5.41, 5.74) is 12.9. The van der Waals surface area contributed by atoms with E-state index in [1.807, 2.05) is 18.2 Å². The molecule has 3 rings (SSSR count). The number of guanidine groups is 1. The number of amides is 1. The number of hydrogen-bond acceptors (Lipinski definition) is 4. The smallest absolute Gasteiger partial charge is 0.277 e. The number of nitrogens with two attached hydrogens (primary N) is 2. The number of hydrogen-bond donors (Lipinski definition) is 3. The molecule has 25 heavy (non-hydrogen) atoms. The third-order valence-electron chi connectivity index (χ3n) is 3.18. The van der Waals surface area contributed by atoms with Crippen LogP contribution in [-0.2, 0) is 0 Å². The molecule has 3 aromatic rings. The van der Waals surface area contributed by atoms with Gasteiger partial charge in [-0.25, -0.2) is 4.99 Å². The molecule has 0 saturated heterocycles. The number of aromatic nitrogens is 1. The van der Waals surface area contributed by atoms with Crippen LogP contribution in [0.1, 0.15) is 10.5 Å². The number of aliphatic imine (C=N–C) groups is 1. The monoisotopic (exact) mass is 357 g/mol. The van der Waals surface area contributed by atoms with Crippen LogP contribution in [0.15, 0.2) is 70.2 Å². The second-order valence-corrected chi connectivity index (χ2v) is 4.98. The highest BCUT2D eigenvalue weighted by Gasteiger charge is 2.13. The van der Waals surface area contributed by atoms with E-state index in [4.69, 9.17) is 16.0 Å². The first kappa shape index (κ1) is 18.0. The zero-order chi connectivity index (χ0) is 16.9. The maximum atomic E-state index is 12.2. The van der Waals surface area contributed by atoms with Crippen LogP contribution in [0.25, 0.3) is 11.3 Å². The van der Waals surface area contributed by atoms with Gasteiger partial charge in [0.15, 0.2) is 17.4 Å². The summed E-state index contributed by atoms with van der Waals surface area (Å²) in [6.07, 6.45) is 0. The summed E-state index contributed by atoms with van der Waals surface area (Å²) in [4.78, 5) is 16.1. The van der Waals surface area contributed by atoms with Gasteiger partial charge in [0.2, 0.25) is 0 Å². The van der Waals surface area contributed by atoms with E-state index in [1.54, 1.807) is 42.5 Å². The minimum Gasteiger partial charge on any atom is -0.370 e. The first-order chi connectivity index (χ1) is 11.6. The lowest BCUT2D eigenvalue weighted by Gasteiger charge is -2.00. The van der Waals surface area contributed by atoms with Crippen molar-refractivity contribution in [3.63, 3.8) is 0 Å². The van der Waals surface area contributed by atoms with E-state index >= 15 is 0 Å². The molecule has 0 aliphatic rings. The van der Waals surface area contributed by atoms with E-state index in [1.165, 1.54) is 0 Å². The van der Waals surface area contributed by atoms with Gasteiger partial charge in [-0.3, -0.25) is 4.79 Å². The minimum atomic E-state index is -0.340. The first-order valence-corrected chi connectivity index (χ1v) is 7.15. The van der Waals surface area contributed by atoms with Crippen LogP contribution in [0.4, 0.5) is 11.4 Å². The third-order valence-corrected chi connectivity index (χ3v) is 3.18. The van der Waals surface area contributed by atoms with Gasteiger partial charge in [0.05, 0.1) is 5.69 Å². The fraction of sp³-hybridized carbons (Fsp3) is 0. The molecule has 1 amide bonds. The summed E-state index contributed by atoms with van der Waals surface area (Å²) < 4.78 is 5.23. The van der Waals surface area contributed by atoms with Crippen LogP contribution in [0.5, 0.6) is 0 Å². The standard InChI is InChI=1S/C17H15N5O2.ClH/c18-17(19)21-13-8-6-11(7-9-13)15-10-14(22-24-15)16(23)20-12-4-2-1-3-5-12;/h1-10H,(H,20,23)(H4,18,19,21);1H. The van der Waals surface area contributed by atoms with Crippen molar-refractivity contribution in [3.05, 3.63) is 66.4 Å². The molecule has 2 aromatic carbocycles. The van der Waals surface area contributed by atoms with E-state index in [2.05, 4.69) is 15.5 Å². The average Bonchev–Trinajstić information content (AvgIpc) is 3.06. The molecule has 5 N–H and O–H groups in total. The van der Waals surface area contributed by atoms with E-state index < -0.39 is 0 Å². The summed E-state index contributed by atoms with van der Waals surface area (Å²) in [6, 6.07) is 17.7. The Morgan fingerprint density at radius 2 is 1.72 bits per heavy atom. The van der Waals surface area contributed by atoms with Crippen molar-refractivity contribution in [2.75, 3.05) is 5.32 Å². The van der Waals surface area contributed by atoms with Gasteiger partial charge in [0.25, 0.3) is 5.91 Å². The number of anilines is 1. The second-order valence-electron chi connectivity index (χ2n) is 4.98. The molecular formula is C17H16ClN5O2. The largest absolute Gasteiger partial charge is 0.370 e. The van der Waals surface area contributed by atoms with Crippen molar-refractivity contribution in [1.82, 2.24) is 5.16 Å². The number of carbonyl (C=O) groups is 1. The van der Waals surface area contributed by atoms with Crippen LogP contribution in [-0.4, -0.2) is 17.0 Å². The topological polar surface area (TPSA) is 120 Å². The van der Waals surface area contributed by atoms with Gasteiger partial charge in [-0.1, -0.05) is 23.4 Å². The maximum absolute atomic E-state index is 12.2. The van der Waals surface area contributed by atoms with Crippen LogP contribution in [0.2, 0.25) is 0 Å². The molecule has 128 valence electrons. The van der Waals surface area contributed by atoms with Crippen LogP contribution in [0.3, 0.4) is 0 Å². The summed E-state index contributed by atoms with van der Waals surface area (Å²) in [5, 5.41) is 6.55. The summed E-state index contributed by atoms with van der Waals surface area (Å²) in [6.45, 7) is 0. The third kappa shape index (κ3) is 4.58. The fourth-order valence-electron chi connectivity index (χ4n) is 2.08. The van der Waals surface area contributed by atoms with Crippen LogP contribution < -0.4 is 16.8 Å². The minimum absolute atomic E-state index is 0. The summed E-state index contributed by atoms with van der Waals surface area (Å²) >= 11 is 0. The lowest BCUT2D eigenvalue weighted by atomic mass is 10.1. The van der Waals surface area contributed by atoms with Gasteiger partial charge in [-0.2, -0.15) is 0 Å². The quantitative estimate of drug-likeness (QED) is 0.490. The highest BCUT2D eigenvalue weighted by molar-refractivity contribution is 6.03. The molecule has 0 bridgehead atoms. The maximum Gasteiger partial charge on any atom is 0.277 e. The van der Waals surface area contributed by atoms with Crippen molar-refractivity contribution in [3.8, 4) is 11.3 Å². The Balaban J connectivity index is 0.00000225. The number of rotatable bonds is 4. The molecule has 1 aromatic heterocycles. The Labute approximate surface area is 150 Å². The molecule has 0 unspecified atom stereocenters. The molecule has 7 nitrogen and oxygen atoms in total. The Bertz CT molecular complexity index is 872. The highest BCUT2D eigenvalue weighted by atomic mass is 35.5. The molecule has 0 fully saturated rings. The lowest BCUT2D eigenvalue weighted by molar-refractivity contribution is 0.101. The zero-order valence-electron chi connectivity index (χ0n) is 13.0. The van der Waals surface area contributed by atoms with Gasteiger partial charge in [0.1, 0.15) is 0 Å². The van der Waals surface area contributed by atoms with Crippen LogP contribution >= 0.6 is 12.4 Å². The number of halogens is 1. The molecule has 0 spiro atoms. The average molecular weight is 358 g/mol. The van der Waals surface area contributed by atoms with Gasteiger partial charge >= 0.3 is 0 Å². The highest BCUT2D eigenvalue weighted by Crippen LogP contribution is 2.23. The number of nitrogens with zero attached hydrogens (tertiary/aromatic N) is 2. The molecular weight excluding hydrogens is 342 g/mol. The number of carbonyl (C=O) groups excluding carboxylic acids is 1. The van der Waals surface area contributed by atoms with Gasteiger partial charge < -0.3 is 21.3 Å². The SMILES string of the molecule is Cl.NC(N)=Nc1ccc(-c2cc(C(=O)Nc3ccccc3)no2)cc1. The summed E-state index contributed by atoms with van der Waals surface area (Å²) in [5.74, 6) is 0.125. The predicted molar refractivity (Wildman–Crippen MR) is 99.1 cm³/mol.